The highest BCUT2D eigenvalue weighted by atomic mass is 35.5. The van der Waals surface area contributed by atoms with Gasteiger partial charge < -0.3 is 0 Å². The molecule has 0 saturated heterocycles. The Morgan fingerprint density at radius 1 is 1.38 bits per heavy atom. The first kappa shape index (κ1) is 14.2. The van der Waals surface area contributed by atoms with Crippen LogP contribution in [0.2, 0.25) is 5.02 Å². The van der Waals surface area contributed by atoms with Crippen LogP contribution in [0.25, 0.3) is 10.9 Å². The Hall–Kier alpha value is -1.72. The molecule has 0 saturated carbocycles. The van der Waals surface area contributed by atoms with Crippen LogP contribution in [0.5, 0.6) is 0 Å². The maximum atomic E-state index is 12.4. The molecule has 6 heteroatoms. The molecule has 108 valence electrons. The van der Waals surface area contributed by atoms with Crippen LogP contribution in [0.15, 0.2) is 34.7 Å². The summed E-state index contributed by atoms with van der Waals surface area (Å²) < 4.78 is 1.58. The van der Waals surface area contributed by atoms with Crippen LogP contribution in [0.1, 0.15) is 30.5 Å². The zero-order valence-electron chi connectivity index (χ0n) is 11.7. The second-order valence-corrected chi connectivity index (χ2v) is 6.50. The SMILES string of the molecule is CC(C)c1nc(Cn2cnc3cc(Cl)ccc3c2=O)cs1. The summed E-state index contributed by atoms with van der Waals surface area (Å²) in [5.74, 6) is 0.400. The number of aromatic nitrogens is 3. The first-order valence-corrected chi connectivity index (χ1v) is 7.89. The highest BCUT2D eigenvalue weighted by Gasteiger charge is 2.09. The summed E-state index contributed by atoms with van der Waals surface area (Å²) in [6.45, 7) is 4.65. The molecular weight excluding hydrogens is 306 g/mol. The average Bonchev–Trinajstić information content (AvgIpc) is 2.91. The molecular formula is C15H14ClN3OS. The lowest BCUT2D eigenvalue weighted by Gasteiger charge is -2.05. The van der Waals surface area contributed by atoms with E-state index in [1.165, 1.54) is 0 Å². The van der Waals surface area contributed by atoms with Crippen molar-refractivity contribution in [2.24, 2.45) is 0 Å². The van der Waals surface area contributed by atoms with Crippen LogP contribution >= 0.6 is 22.9 Å². The van der Waals surface area contributed by atoms with Gasteiger partial charge in [0.2, 0.25) is 0 Å². The van der Waals surface area contributed by atoms with Gasteiger partial charge in [0.05, 0.1) is 34.5 Å². The molecule has 0 aliphatic carbocycles. The highest BCUT2D eigenvalue weighted by Crippen LogP contribution is 2.19. The van der Waals surface area contributed by atoms with E-state index in [9.17, 15) is 4.79 Å². The van der Waals surface area contributed by atoms with Crippen LogP contribution in [-0.4, -0.2) is 14.5 Å². The molecule has 0 atom stereocenters. The number of fused-ring (bicyclic) bond motifs is 1. The van der Waals surface area contributed by atoms with Crippen molar-refractivity contribution in [3.05, 3.63) is 56.0 Å². The van der Waals surface area contributed by atoms with E-state index < -0.39 is 0 Å². The lowest BCUT2D eigenvalue weighted by Crippen LogP contribution is -2.21. The van der Waals surface area contributed by atoms with Gasteiger partial charge in [-0.2, -0.15) is 0 Å². The molecule has 0 fully saturated rings. The number of thiazole rings is 1. The summed E-state index contributed by atoms with van der Waals surface area (Å²) in [4.78, 5) is 21.3. The molecule has 3 rings (SSSR count). The third kappa shape index (κ3) is 2.84. The van der Waals surface area contributed by atoms with Crippen molar-refractivity contribution in [3.8, 4) is 0 Å². The number of hydrogen-bond donors (Lipinski definition) is 0. The molecule has 0 unspecified atom stereocenters. The Bertz CT molecular complexity index is 853. The Morgan fingerprint density at radius 2 is 2.19 bits per heavy atom. The molecule has 4 nitrogen and oxygen atoms in total. The van der Waals surface area contributed by atoms with E-state index in [0.717, 1.165) is 10.7 Å². The average molecular weight is 320 g/mol. The first-order valence-electron chi connectivity index (χ1n) is 6.63. The topological polar surface area (TPSA) is 47.8 Å². The highest BCUT2D eigenvalue weighted by molar-refractivity contribution is 7.09. The molecule has 0 aliphatic rings. The molecule has 0 bridgehead atoms. The summed E-state index contributed by atoms with van der Waals surface area (Å²) >= 11 is 7.54. The number of halogens is 1. The predicted octanol–water partition coefficient (Wildman–Crippen LogP) is 3.68. The second kappa shape index (κ2) is 5.58. The summed E-state index contributed by atoms with van der Waals surface area (Å²) in [5.41, 5.74) is 1.43. The summed E-state index contributed by atoms with van der Waals surface area (Å²) in [5, 5.41) is 4.22. The van der Waals surface area contributed by atoms with Gasteiger partial charge in [-0.1, -0.05) is 25.4 Å². The second-order valence-electron chi connectivity index (χ2n) is 5.17. The van der Waals surface area contributed by atoms with E-state index in [1.807, 2.05) is 5.38 Å². The summed E-state index contributed by atoms with van der Waals surface area (Å²) in [7, 11) is 0. The fraction of sp³-hybridized carbons (Fsp3) is 0.267. The van der Waals surface area contributed by atoms with Crippen molar-refractivity contribution in [2.45, 2.75) is 26.3 Å². The molecule has 0 N–H and O–H groups in total. The zero-order chi connectivity index (χ0) is 15.0. The Morgan fingerprint density at radius 3 is 2.90 bits per heavy atom. The number of rotatable bonds is 3. The van der Waals surface area contributed by atoms with Crippen molar-refractivity contribution in [1.29, 1.82) is 0 Å². The number of nitrogens with zero attached hydrogens (tertiary/aromatic N) is 3. The molecule has 0 aliphatic heterocycles. The van der Waals surface area contributed by atoms with E-state index in [0.29, 0.717) is 28.4 Å². The molecule has 3 aromatic rings. The molecule has 21 heavy (non-hydrogen) atoms. The standard InChI is InChI=1S/C15H14ClN3OS/c1-9(2)14-18-11(7-21-14)6-19-8-17-13-5-10(16)3-4-12(13)15(19)20/h3-5,7-9H,6H2,1-2H3. The molecule has 0 radical (unpaired) electrons. The minimum atomic E-state index is -0.0734. The van der Waals surface area contributed by atoms with Crippen molar-refractivity contribution in [3.63, 3.8) is 0 Å². The van der Waals surface area contributed by atoms with Crippen LogP contribution < -0.4 is 5.56 Å². The largest absolute Gasteiger partial charge is 0.293 e. The quantitative estimate of drug-likeness (QED) is 0.740. The number of benzene rings is 1. The minimum absolute atomic E-state index is 0.0734. The summed E-state index contributed by atoms with van der Waals surface area (Å²) in [6, 6.07) is 5.11. The normalized spacial score (nSPS) is 11.4. The van der Waals surface area contributed by atoms with Gasteiger partial charge in [0.15, 0.2) is 0 Å². The molecule has 0 amide bonds. The Kier molecular flexibility index (Phi) is 3.78. The van der Waals surface area contributed by atoms with Gasteiger partial charge in [-0.15, -0.1) is 11.3 Å². The molecule has 2 aromatic heterocycles. The van der Waals surface area contributed by atoms with Crippen molar-refractivity contribution in [2.75, 3.05) is 0 Å². The number of hydrogen-bond acceptors (Lipinski definition) is 4. The molecule has 2 heterocycles. The van der Waals surface area contributed by atoms with E-state index >= 15 is 0 Å². The smallest absolute Gasteiger partial charge is 0.261 e. The summed E-state index contributed by atoms with van der Waals surface area (Å²) in [6.07, 6.45) is 1.55. The Labute approximate surface area is 131 Å². The third-order valence-corrected chi connectivity index (χ3v) is 4.61. The lowest BCUT2D eigenvalue weighted by atomic mass is 10.2. The van der Waals surface area contributed by atoms with Gasteiger partial charge >= 0.3 is 0 Å². The van der Waals surface area contributed by atoms with Gasteiger partial charge in [0.1, 0.15) is 0 Å². The van der Waals surface area contributed by atoms with E-state index in [1.54, 1.807) is 40.4 Å². The fourth-order valence-corrected chi connectivity index (χ4v) is 3.07. The van der Waals surface area contributed by atoms with Gasteiger partial charge in [0, 0.05) is 16.3 Å². The maximum absolute atomic E-state index is 12.4. The minimum Gasteiger partial charge on any atom is -0.293 e. The van der Waals surface area contributed by atoms with E-state index in [4.69, 9.17) is 11.6 Å². The van der Waals surface area contributed by atoms with Crippen molar-refractivity contribution < 1.29 is 0 Å². The van der Waals surface area contributed by atoms with Crippen LogP contribution in [0.3, 0.4) is 0 Å². The van der Waals surface area contributed by atoms with Crippen LogP contribution in [0, 0.1) is 0 Å². The first-order chi connectivity index (χ1) is 10.0. The fourth-order valence-electron chi connectivity index (χ4n) is 2.08. The van der Waals surface area contributed by atoms with Crippen LogP contribution in [0.4, 0.5) is 0 Å². The van der Waals surface area contributed by atoms with Gasteiger partial charge in [-0.25, -0.2) is 9.97 Å². The van der Waals surface area contributed by atoms with Gasteiger partial charge in [0.25, 0.3) is 5.56 Å². The maximum Gasteiger partial charge on any atom is 0.261 e. The molecule has 1 aromatic carbocycles. The van der Waals surface area contributed by atoms with E-state index in [-0.39, 0.29) is 5.56 Å². The molecule has 0 spiro atoms. The lowest BCUT2D eigenvalue weighted by molar-refractivity contribution is 0.725. The van der Waals surface area contributed by atoms with Gasteiger partial charge in [-0.05, 0) is 18.2 Å². The Balaban J connectivity index is 1.99. The monoisotopic (exact) mass is 319 g/mol. The van der Waals surface area contributed by atoms with Crippen molar-refractivity contribution >= 4 is 33.8 Å². The predicted molar refractivity (Wildman–Crippen MR) is 86.3 cm³/mol. The third-order valence-electron chi connectivity index (χ3n) is 3.18. The van der Waals surface area contributed by atoms with Crippen molar-refractivity contribution in [1.82, 2.24) is 14.5 Å². The zero-order valence-corrected chi connectivity index (χ0v) is 13.3. The van der Waals surface area contributed by atoms with E-state index in [2.05, 4.69) is 23.8 Å². The van der Waals surface area contributed by atoms with Gasteiger partial charge in [-0.3, -0.25) is 9.36 Å². The van der Waals surface area contributed by atoms with Crippen LogP contribution in [-0.2, 0) is 6.54 Å².